The number of nitrogens with one attached hydrogen (secondary N) is 1. The molecule has 1 fully saturated rings. The SMILES string of the molecule is Nc1cccc(NC[C@H]2CCCO2)c1. The molecule has 3 heteroatoms. The fourth-order valence-electron chi connectivity index (χ4n) is 1.69. The van der Waals surface area contributed by atoms with Crippen molar-refractivity contribution in [3.8, 4) is 0 Å². The molecule has 3 nitrogen and oxygen atoms in total. The molecule has 1 aliphatic rings. The van der Waals surface area contributed by atoms with Crippen LogP contribution in [0.2, 0.25) is 0 Å². The molecular formula is C11H16N2O. The fraction of sp³-hybridized carbons (Fsp3) is 0.455. The minimum atomic E-state index is 0.372. The van der Waals surface area contributed by atoms with Gasteiger partial charge in [-0.3, -0.25) is 0 Å². The van der Waals surface area contributed by atoms with Gasteiger partial charge in [0.15, 0.2) is 0 Å². The van der Waals surface area contributed by atoms with Crippen molar-refractivity contribution >= 4 is 11.4 Å². The molecule has 0 unspecified atom stereocenters. The Morgan fingerprint density at radius 2 is 2.43 bits per heavy atom. The van der Waals surface area contributed by atoms with Crippen molar-refractivity contribution in [3.63, 3.8) is 0 Å². The predicted molar refractivity (Wildman–Crippen MR) is 58.3 cm³/mol. The third-order valence-electron chi connectivity index (χ3n) is 2.44. The third kappa shape index (κ3) is 2.39. The summed E-state index contributed by atoms with van der Waals surface area (Å²) in [6.07, 6.45) is 2.72. The van der Waals surface area contributed by atoms with Gasteiger partial charge >= 0.3 is 0 Å². The minimum Gasteiger partial charge on any atom is -0.399 e. The van der Waals surface area contributed by atoms with Crippen molar-refractivity contribution in [1.29, 1.82) is 0 Å². The molecule has 1 aromatic carbocycles. The van der Waals surface area contributed by atoms with E-state index in [4.69, 9.17) is 10.5 Å². The highest BCUT2D eigenvalue weighted by atomic mass is 16.5. The molecule has 1 aliphatic heterocycles. The predicted octanol–water partition coefficient (Wildman–Crippen LogP) is 1.86. The van der Waals surface area contributed by atoms with Crippen LogP contribution in [-0.4, -0.2) is 19.3 Å². The first-order chi connectivity index (χ1) is 6.84. The second kappa shape index (κ2) is 4.33. The zero-order chi connectivity index (χ0) is 9.80. The third-order valence-corrected chi connectivity index (χ3v) is 2.44. The molecule has 3 N–H and O–H groups in total. The Balaban J connectivity index is 1.85. The Hall–Kier alpha value is -1.22. The van der Waals surface area contributed by atoms with Crippen LogP contribution in [0, 0.1) is 0 Å². The van der Waals surface area contributed by atoms with Crippen molar-refractivity contribution in [2.45, 2.75) is 18.9 Å². The normalized spacial score (nSPS) is 21.0. The average Bonchev–Trinajstić information content (AvgIpc) is 2.67. The van der Waals surface area contributed by atoms with Crippen LogP contribution < -0.4 is 11.1 Å². The van der Waals surface area contributed by atoms with Crippen LogP contribution in [-0.2, 0) is 4.74 Å². The second-order valence-electron chi connectivity index (χ2n) is 3.64. The van der Waals surface area contributed by atoms with Gasteiger partial charge in [0.25, 0.3) is 0 Å². The first kappa shape index (κ1) is 9.34. The molecule has 76 valence electrons. The van der Waals surface area contributed by atoms with Gasteiger partial charge in [0.2, 0.25) is 0 Å². The second-order valence-corrected chi connectivity index (χ2v) is 3.64. The van der Waals surface area contributed by atoms with Gasteiger partial charge < -0.3 is 15.8 Å². The zero-order valence-corrected chi connectivity index (χ0v) is 8.20. The van der Waals surface area contributed by atoms with Crippen molar-refractivity contribution < 1.29 is 4.74 Å². The number of rotatable bonds is 3. The molecule has 0 saturated carbocycles. The quantitative estimate of drug-likeness (QED) is 0.719. The number of ether oxygens (including phenoxy) is 1. The number of anilines is 2. The van der Waals surface area contributed by atoms with E-state index in [0.717, 1.165) is 30.9 Å². The van der Waals surface area contributed by atoms with Gasteiger partial charge in [-0.15, -0.1) is 0 Å². The van der Waals surface area contributed by atoms with Crippen molar-refractivity contribution in [2.24, 2.45) is 0 Å². The van der Waals surface area contributed by atoms with Gasteiger partial charge in [0.1, 0.15) is 0 Å². The molecule has 2 rings (SSSR count). The van der Waals surface area contributed by atoms with Gasteiger partial charge in [-0.2, -0.15) is 0 Å². The first-order valence-electron chi connectivity index (χ1n) is 5.05. The summed E-state index contributed by atoms with van der Waals surface area (Å²) in [6, 6.07) is 7.80. The topological polar surface area (TPSA) is 47.3 Å². The lowest BCUT2D eigenvalue weighted by Crippen LogP contribution is -2.18. The molecule has 1 atom stereocenters. The number of hydrogen-bond acceptors (Lipinski definition) is 3. The molecule has 0 aromatic heterocycles. The Kier molecular flexibility index (Phi) is 2.89. The van der Waals surface area contributed by atoms with Crippen LogP contribution in [0.25, 0.3) is 0 Å². The number of nitrogens with two attached hydrogens (primary N) is 1. The van der Waals surface area contributed by atoms with Gasteiger partial charge in [0, 0.05) is 24.5 Å². The molecule has 14 heavy (non-hydrogen) atoms. The van der Waals surface area contributed by atoms with E-state index in [1.807, 2.05) is 24.3 Å². The van der Waals surface area contributed by atoms with E-state index < -0.39 is 0 Å². The molecule has 0 bridgehead atoms. The molecule has 1 heterocycles. The van der Waals surface area contributed by atoms with Gasteiger partial charge in [-0.1, -0.05) is 6.07 Å². The summed E-state index contributed by atoms with van der Waals surface area (Å²) in [5.41, 5.74) is 7.53. The maximum atomic E-state index is 5.67. The van der Waals surface area contributed by atoms with Crippen LogP contribution in [0.15, 0.2) is 24.3 Å². The molecule has 0 amide bonds. The smallest absolute Gasteiger partial charge is 0.0748 e. The Labute approximate surface area is 84.3 Å². The Morgan fingerprint density at radius 3 is 3.14 bits per heavy atom. The average molecular weight is 192 g/mol. The van der Waals surface area contributed by atoms with Crippen LogP contribution in [0.3, 0.4) is 0 Å². The maximum Gasteiger partial charge on any atom is 0.0748 e. The maximum absolute atomic E-state index is 5.67. The molecule has 1 aromatic rings. The van der Waals surface area contributed by atoms with Crippen LogP contribution >= 0.6 is 0 Å². The molecular weight excluding hydrogens is 176 g/mol. The first-order valence-corrected chi connectivity index (χ1v) is 5.05. The van der Waals surface area contributed by atoms with Crippen LogP contribution in [0.1, 0.15) is 12.8 Å². The lowest BCUT2D eigenvalue weighted by Gasteiger charge is -2.11. The summed E-state index contributed by atoms with van der Waals surface area (Å²) in [7, 11) is 0. The van der Waals surface area contributed by atoms with E-state index in [9.17, 15) is 0 Å². The van der Waals surface area contributed by atoms with Gasteiger partial charge in [-0.25, -0.2) is 0 Å². The molecule has 0 spiro atoms. The summed E-state index contributed by atoms with van der Waals surface area (Å²) >= 11 is 0. The highest BCUT2D eigenvalue weighted by Crippen LogP contribution is 2.15. The fourth-order valence-corrected chi connectivity index (χ4v) is 1.69. The summed E-state index contributed by atoms with van der Waals surface area (Å²) in [5.74, 6) is 0. The van der Waals surface area contributed by atoms with E-state index >= 15 is 0 Å². The van der Waals surface area contributed by atoms with E-state index in [1.165, 1.54) is 6.42 Å². The summed E-state index contributed by atoms with van der Waals surface area (Å²) in [4.78, 5) is 0. The monoisotopic (exact) mass is 192 g/mol. The summed E-state index contributed by atoms with van der Waals surface area (Å²) in [5, 5.41) is 3.32. The number of nitrogen functional groups attached to an aromatic ring is 1. The van der Waals surface area contributed by atoms with E-state index in [1.54, 1.807) is 0 Å². The van der Waals surface area contributed by atoms with E-state index in [2.05, 4.69) is 5.32 Å². The van der Waals surface area contributed by atoms with E-state index in [-0.39, 0.29) is 0 Å². The largest absolute Gasteiger partial charge is 0.399 e. The molecule has 0 radical (unpaired) electrons. The zero-order valence-electron chi connectivity index (χ0n) is 8.20. The molecule has 0 aliphatic carbocycles. The Bertz CT molecular complexity index is 295. The van der Waals surface area contributed by atoms with Crippen LogP contribution in [0.4, 0.5) is 11.4 Å². The molecule has 1 saturated heterocycles. The van der Waals surface area contributed by atoms with E-state index in [0.29, 0.717) is 6.10 Å². The lowest BCUT2D eigenvalue weighted by molar-refractivity contribution is 0.120. The minimum absolute atomic E-state index is 0.372. The van der Waals surface area contributed by atoms with Crippen LogP contribution in [0.5, 0.6) is 0 Å². The summed E-state index contributed by atoms with van der Waals surface area (Å²) in [6.45, 7) is 1.78. The van der Waals surface area contributed by atoms with Crippen molar-refractivity contribution in [1.82, 2.24) is 0 Å². The highest BCUT2D eigenvalue weighted by Gasteiger charge is 2.14. The summed E-state index contributed by atoms with van der Waals surface area (Å²) < 4.78 is 5.51. The lowest BCUT2D eigenvalue weighted by atomic mass is 10.2. The standard InChI is InChI=1S/C11H16N2O/c12-9-3-1-4-10(7-9)13-8-11-5-2-6-14-11/h1,3-4,7,11,13H,2,5-6,8,12H2/t11-/m1/s1. The highest BCUT2D eigenvalue weighted by molar-refractivity contribution is 5.54. The van der Waals surface area contributed by atoms with Crippen molar-refractivity contribution in [3.05, 3.63) is 24.3 Å². The van der Waals surface area contributed by atoms with Gasteiger partial charge in [0.05, 0.1) is 6.10 Å². The number of benzene rings is 1. The van der Waals surface area contributed by atoms with Crippen molar-refractivity contribution in [2.75, 3.05) is 24.2 Å². The number of hydrogen-bond donors (Lipinski definition) is 2. The Morgan fingerprint density at radius 1 is 1.50 bits per heavy atom. The van der Waals surface area contributed by atoms with Gasteiger partial charge in [-0.05, 0) is 31.0 Å².